The maximum atomic E-state index is 12.2. The maximum absolute atomic E-state index is 12.2. The molecule has 2 amide bonds. The van der Waals surface area contributed by atoms with Crippen molar-refractivity contribution < 1.29 is 23.1 Å². The molecule has 0 heterocycles. The molecular formula is C14H18F2N2O3. The average molecular weight is 300 g/mol. The van der Waals surface area contributed by atoms with E-state index in [0.717, 1.165) is 0 Å². The zero-order valence-electron chi connectivity index (χ0n) is 12.1. The summed E-state index contributed by atoms with van der Waals surface area (Å²) in [6, 6.07) is 5.59. The molecule has 0 bridgehead atoms. The quantitative estimate of drug-likeness (QED) is 0.873. The molecule has 116 valence electrons. The van der Waals surface area contributed by atoms with Crippen LogP contribution in [0, 0.1) is 0 Å². The molecule has 1 aromatic rings. The molecule has 0 aromatic heterocycles. The summed E-state index contributed by atoms with van der Waals surface area (Å²) in [6.07, 6.45) is 0. The maximum Gasteiger partial charge on any atom is 0.387 e. The van der Waals surface area contributed by atoms with Gasteiger partial charge in [0, 0.05) is 5.54 Å². The van der Waals surface area contributed by atoms with Gasteiger partial charge >= 0.3 is 6.61 Å². The summed E-state index contributed by atoms with van der Waals surface area (Å²) in [5.41, 5.74) is -0.472. The van der Waals surface area contributed by atoms with Crippen LogP contribution < -0.4 is 15.4 Å². The fourth-order valence-electron chi connectivity index (χ4n) is 1.57. The van der Waals surface area contributed by atoms with E-state index in [4.69, 9.17) is 0 Å². The lowest BCUT2D eigenvalue weighted by Gasteiger charge is -2.20. The molecule has 0 saturated carbocycles. The molecule has 21 heavy (non-hydrogen) atoms. The third-order valence-electron chi connectivity index (χ3n) is 2.27. The Morgan fingerprint density at radius 2 is 1.86 bits per heavy atom. The molecule has 0 unspecified atom stereocenters. The molecule has 1 rings (SSSR count). The lowest BCUT2D eigenvalue weighted by Crippen LogP contribution is -2.45. The average Bonchev–Trinajstić information content (AvgIpc) is 2.34. The van der Waals surface area contributed by atoms with Crippen molar-refractivity contribution in [1.29, 1.82) is 0 Å². The van der Waals surface area contributed by atoms with Gasteiger partial charge in [-0.2, -0.15) is 8.78 Å². The molecule has 7 heteroatoms. The molecule has 0 fully saturated rings. The summed E-state index contributed by atoms with van der Waals surface area (Å²) in [4.78, 5) is 23.5. The molecule has 0 aliphatic carbocycles. The van der Waals surface area contributed by atoms with Crippen molar-refractivity contribution in [3.05, 3.63) is 29.8 Å². The molecule has 2 N–H and O–H groups in total. The van der Waals surface area contributed by atoms with Crippen molar-refractivity contribution in [1.82, 2.24) is 10.6 Å². The fraction of sp³-hybridized carbons (Fsp3) is 0.429. The SMILES string of the molecule is CC(C)(C)NC(=O)CNC(=O)c1ccccc1OC(F)F. The first-order chi connectivity index (χ1) is 9.69. The second kappa shape index (κ2) is 7.01. The minimum Gasteiger partial charge on any atom is -0.434 e. The minimum atomic E-state index is -3.02. The number of rotatable bonds is 5. The highest BCUT2D eigenvalue weighted by Gasteiger charge is 2.17. The summed E-state index contributed by atoms with van der Waals surface area (Å²) < 4.78 is 28.8. The third kappa shape index (κ3) is 6.20. The lowest BCUT2D eigenvalue weighted by molar-refractivity contribution is -0.121. The van der Waals surface area contributed by atoms with E-state index in [-0.39, 0.29) is 23.8 Å². The highest BCUT2D eigenvalue weighted by molar-refractivity contribution is 5.98. The molecule has 1 aromatic carbocycles. The van der Waals surface area contributed by atoms with Gasteiger partial charge in [0.2, 0.25) is 5.91 Å². The number of nitrogens with one attached hydrogen (secondary N) is 2. The Morgan fingerprint density at radius 1 is 1.24 bits per heavy atom. The molecule has 0 spiro atoms. The van der Waals surface area contributed by atoms with Crippen molar-refractivity contribution in [2.24, 2.45) is 0 Å². The first-order valence-electron chi connectivity index (χ1n) is 6.32. The van der Waals surface area contributed by atoms with E-state index < -0.39 is 18.1 Å². The van der Waals surface area contributed by atoms with E-state index in [9.17, 15) is 18.4 Å². The Kier molecular flexibility index (Phi) is 5.63. The predicted molar refractivity (Wildman–Crippen MR) is 73.3 cm³/mol. The van der Waals surface area contributed by atoms with E-state index >= 15 is 0 Å². The number of carbonyl (C=O) groups excluding carboxylic acids is 2. The fourth-order valence-corrected chi connectivity index (χ4v) is 1.57. The topological polar surface area (TPSA) is 67.4 Å². The Balaban J connectivity index is 2.66. The van der Waals surface area contributed by atoms with Gasteiger partial charge in [-0.3, -0.25) is 9.59 Å². The number of hydrogen-bond acceptors (Lipinski definition) is 3. The van der Waals surface area contributed by atoms with Crippen LogP contribution in [0.5, 0.6) is 5.75 Å². The molecule has 0 atom stereocenters. The van der Waals surface area contributed by atoms with Gasteiger partial charge in [-0.15, -0.1) is 0 Å². The summed E-state index contributed by atoms with van der Waals surface area (Å²) in [6.45, 7) is 2.14. The third-order valence-corrected chi connectivity index (χ3v) is 2.27. The van der Waals surface area contributed by atoms with E-state index in [1.54, 1.807) is 20.8 Å². The van der Waals surface area contributed by atoms with E-state index in [0.29, 0.717) is 0 Å². The Bertz CT molecular complexity index is 513. The van der Waals surface area contributed by atoms with Crippen LogP contribution in [0.3, 0.4) is 0 Å². The van der Waals surface area contributed by atoms with Gasteiger partial charge in [-0.25, -0.2) is 0 Å². The molecular weight excluding hydrogens is 282 g/mol. The van der Waals surface area contributed by atoms with Gasteiger partial charge in [-0.05, 0) is 32.9 Å². The van der Waals surface area contributed by atoms with Crippen LogP contribution >= 0.6 is 0 Å². The van der Waals surface area contributed by atoms with Crippen molar-refractivity contribution in [2.75, 3.05) is 6.54 Å². The van der Waals surface area contributed by atoms with Crippen molar-refractivity contribution in [2.45, 2.75) is 32.9 Å². The van der Waals surface area contributed by atoms with Crippen LogP contribution in [-0.2, 0) is 4.79 Å². The molecule has 0 aliphatic rings. The second-order valence-corrected chi connectivity index (χ2v) is 5.36. The second-order valence-electron chi connectivity index (χ2n) is 5.36. The zero-order chi connectivity index (χ0) is 16.0. The van der Waals surface area contributed by atoms with E-state index in [2.05, 4.69) is 15.4 Å². The Labute approximate surface area is 121 Å². The summed E-state index contributed by atoms with van der Waals surface area (Å²) in [7, 11) is 0. The van der Waals surface area contributed by atoms with Crippen LogP contribution in [0.1, 0.15) is 31.1 Å². The number of ether oxygens (including phenoxy) is 1. The number of alkyl halides is 2. The lowest BCUT2D eigenvalue weighted by atomic mass is 10.1. The van der Waals surface area contributed by atoms with Gasteiger partial charge in [0.05, 0.1) is 12.1 Å². The van der Waals surface area contributed by atoms with Crippen molar-refractivity contribution >= 4 is 11.8 Å². The van der Waals surface area contributed by atoms with Gasteiger partial charge in [-0.1, -0.05) is 12.1 Å². The zero-order valence-corrected chi connectivity index (χ0v) is 12.1. The minimum absolute atomic E-state index is 0.0543. The monoisotopic (exact) mass is 300 g/mol. The predicted octanol–water partition coefficient (Wildman–Crippen LogP) is 1.93. The van der Waals surface area contributed by atoms with Crippen molar-refractivity contribution in [3.8, 4) is 5.75 Å². The van der Waals surface area contributed by atoms with Gasteiger partial charge in [0.25, 0.3) is 5.91 Å². The molecule has 0 aliphatic heterocycles. The van der Waals surface area contributed by atoms with E-state index in [1.165, 1.54) is 24.3 Å². The van der Waals surface area contributed by atoms with Crippen LogP contribution in [0.2, 0.25) is 0 Å². The van der Waals surface area contributed by atoms with Crippen molar-refractivity contribution in [3.63, 3.8) is 0 Å². The normalized spacial score (nSPS) is 11.1. The molecule has 5 nitrogen and oxygen atoms in total. The first-order valence-corrected chi connectivity index (χ1v) is 6.32. The summed E-state index contributed by atoms with van der Waals surface area (Å²) >= 11 is 0. The first kappa shape index (κ1) is 16.9. The molecule has 0 radical (unpaired) electrons. The van der Waals surface area contributed by atoms with E-state index in [1.807, 2.05) is 0 Å². The number of benzene rings is 1. The number of para-hydroxylation sites is 1. The number of carbonyl (C=O) groups is 2. The smallest absolute Gasteiger partial charge is 0.387 e. The van der Waals surface area contributed by atoms with Crippen LogP contribution in [0.4, 0.5) is 8.78 Å². The highest BCUT2D eigenvalue weighted by Crippen LogP contribution is 2.19. The van der Waals surface area contributed by atoms with Gasteiger partial charge in [0.15, 0.2) is 0 Å². The largest absolute Gasteiger partial charge is 0.434 e. The Hall–Kier alpha value is -2.18. The van der Waals surface area contributed by atoms with Gasteiger partial charge < -0.3 is 15.4 Å². The highest BCUT2D eigenvalue weighted by atomic mass is 19.3. The molecule has 0 saturated heterocycles. The number of hydrogen-bond donors (Lipinski definition) is 2. The van der Waals surface area contributed by atoms with Crippen LogP contribution in [0.25, 0.3) is 0 Å². The van der Waals surface area contributed by atoms with Gasteiger partial charge in [0.1, 0.15) is 5.75 Å². The Morgan fingerprint density at radius 3 is 2.43 bits per heavy atom. The summed E-state index contributed by atoms with van der Waals surface area (Å²) in [5.74, 6) is -1.26. The summed E-state index contributed by atoms with van der Waals surface area (Å²) in [5, 5.41) is 5.03. The number of halogens is 2. The standard InChI is InChI=1S/C14H18F2N2O3/c1-14(2,3)18-11(19)8-17-12(20)9-6-4-5-7-10(9)21-13(15)16/h4-7,13H,8H2,1-3H3,(H,17,20)(H,18,19). The number of amides is 2. The van der Waals surface area contributed by atoms with Crippen LogP contribution in [-0.4, -0.2) is 30.5 Å². The van der Waals surface area contributed by atoms with Crippen LogP contribution in [0.15, 0.2) is 24.3 Å².